The number of rotatable bonds is 3. The number of fused-ring (bicyclic) bond motifs is 1. The van der Waals surface area contributed by atoms with Gasteiger partial charge in [-0.05, 0) is 44.5 Å². The predicted octanol–water partition coefficient (Wildman–Crippen LogP) is 2.59. The van der Waals surface area contributed by atoms with Crippen LogP contribution in [0.4, 0.5) is 5.82 Å². The molecule has 1 N–H and O–H groups in total. The van der Waals surface area contributed by atoms with E-state index in [9.17, 15) is 4.79 Å². The fourth-order valence-electron chi connectivity index (χ4n) is 4.81. The molecule has 2 aromatic heterocycles. The Bertz CT molecular complexity index is 1010. The Labute approximate surface area is 177 Å². The van der Waals surface area contributed by atoms with E-state index in [1.807, 2.05) is 12.3 Å². The van der Waals surface area contributed by atoms with Gasteiger partial charge in [0.05, 0.1) is 23.5 Å². The maximum atomic E-state index is 12.6. The Morgan fingerprint density at radius 1 is 1.10 bits per heavy atom. The van der Waals surface area contributed by atoms with E-state index in [1.165, 1.54) is 11.4 Å². The number of anilines is 1. The van der Waals surface area contributed by atoms with Crippen molar-refractivity contribution < 1.29 is 4.79 Å². The van der Waals surface area contributed by atoms with Crippen molar-refractivity contribution in [2.45, 2.75) is 44.7 Å². The number of allylic oxidation sites excluding steroid dienone is 1. The van der Waals surface area contributed by atoms with Crippen molar-refractivity contribution in [3.05, 3.63) is 41.4 Å². The Morgan fingerprint density at radius 3 is 2.70 bits per heavy atom. The lowest BCUT2D eigenvalue weighted by Crippen LogP contribution is -2.45. The summed E-state index contributed by atoms with van der Waals surface area (Å²) in [6, 6.07) is 6.19. The topological polar surface area (TPSA) is 65.2 Å². The van der Waals surface area contributed by atoms with Gasteiger partial charge in [0.15, 0.2) is 0 Å². The molecule has 2 unspecified atom stereocenters. The highest BCUT2D eigenvalue weighted by atomic mass is 16.1. The first kappa shape index (κ1) is 19.5. The molecule has 5 rings (SSSR count). The molecule has 3 aliphatic heterocycles. The van der Waals surface area contributed by atoms with Crippen molar-refractivity contribution >= 4 is 23.5 Å². The van der Waals surface area contributed by atoms with Gasteiger partial charge in [0.2, 0.25) is 0 Å². The average molecular weight is 407 g/mol. The van der Waals surface area contributed by atoms with Crippen LogP contribution in [-0.4, -0.2) is 65.6 Å². The number of carbonyl (C=O) groups is 1. The van der Waals surface area contributed by atoms with Gasteiger partial charge < -0.3 is 9.80 Å². The number of aliphatic imine (C=N–C) groups is 1. The molecule has 0 bridgehead atoms. The summed E-state index contributed by atoms with van der Waals surface area (Å²) in [4.78, 5) is 26.9. The van der Waals surface area contributed by atoms with Crippen LogP contribution in [0.5, 0.6) is 0 Å². The van der Waals surface area contributed by atoms with Crippen LogP contribution in [0.15, 0.2) is 40.7 Å². The quantitative estimate of drug-likeness (QED) is 0.849. The fourth-order valence-corrected chi connectivity index (χ4v) is 4.81. The number of imidazole rings is 1. The van der Waals surface area contributed by atoms with Crippen LogP contribution in [0.25, 0.3) is 5.65 Å². The second kappa shape index (κ2) is 7.96. The van der Waals surface area contributed by atoms with E-state index in [2.05, 4.69) is 56.8 Å². The summed E-state index contributed by atoms with van der Waals surface area (Å²) in [5.74, 6) is 1.45. The standard InChI is InChI=1S/C23H30N6O/c1-16-5-4-8-24-23(16)19-14-17(30)13-18(25-19)20-15-29-21(26-20)6-3-7-22(29)28-11-9-27(2)10-12-28/h3,6-8,15,18-19,25H,4-5,9-14H2,1-2H3. The zero-order valence-electron chi connectivity index (χ0n) is 17.8. The molecule has 2 atom stereocenters. The van der Waals surface area contributed by atoms with Crippen LogP contribution < -0.4 is 10.2 Å². The van der Waals surface area contributed by atoms with Gasteiger partial charge in [-0.1, -0.05) is 6.07 Å². The number of aromatic nitrogens is 2. The first-order valence-corrected chi connectivity index (χ1v) is 11.0. The molecule has 158 valence electrons. The van der Waals surface area contributed by atoms with Crippen molar-refractivity contribution in [3.63, 3.8) is 0 Å². The van der Waals surface area contributed by atoms with Crippen molar-refractivity contribution in [3.8, 4) is 0 Å². The number of piperidine rings is 1. The van der Waals surface area contributed by atoms with Gasteiger partial charge in [-0.3, -0.25) is 19.5 Å². The number of likely N-dealkylation sites (N-methyl/N-ethyl adjacent to an activating group) is 1. The highest BCUT2D eigenvalue weighted by molar-refractivity contribution is 5.81. The van der Waals surface area contributed by atoms with E-state index in [0.29, 0.717) is 12.8 Å². The molecule has 0 spiro atoms. The molecular weight excluding hydrogens is 376 g/mol. The molecule has 0 aromatic carbocycles. The number of Topliss-reactive ketones (excluding diaryl/α,β-unsaturated/α-hetero) is 1. The third-order valence-electron chi connectivity index (χ3n) is 6.59. The van der Waals surface area contributed by atoms with E-state index in [1.54, 1.807) is 0 Å². The number of nitrogens with zero attached hydrogens (tertiary/aromatic N) is 5. The van der Waals surface area contributed by atoms with Gasteiger partial charge in [-0.15, -0.1) is 0 Å². The summed E-state index contributed by atoms with van der Waals surface area (Å²) in [7, 11) is 2.17. The predicted molar refractivity (Wildman–Crippen MR) is 119 cm³/mol. The van der Waals surface area contributed by atoms with Gasteiger partial charge >= 0.3 is 0 Å². The Kier molecular flexibility index (Phi) is 5.16. The summed E-state index contributed by atoms with van der Waals surface area (Å²) in [5.41, 5.74) is 4.20. The minimum atomic E-state index is -0.0751. The van der Waals surface area contributed by atoms with Gasteiger partial charge in [0, 0.05) is 51.4 Å². The van der Waals surface area contributed by atoms with Crippen molar-refractivity contribution in [2.75, 3.05) is 38.1 Å². The third-order valence-corrected chi connectivity index (χ3v) is 6.59. The van der Waals surface area contributed by atoms with Gasteiger partial charge in [-0.2, -0.15) is 0 Å². The largest absolute Gasteiger partial charge is 0.355 e. The minimum absolute atomic E-state index is 0.0188. The molecule has 0 saturated carbocycles. The molecule has 5 heterocycles. The lowest BCUT2D eigenvalue weighted by Gasteiger charge is -2.34. The maximum Gasteiger partial charge on any atom is 0.138 e. The molecule has 2 fully saturated rings. The Hall–Kier alpha value is -2.51. The summed E-state index contributed by atoms with van der Waals surface area (Å²) >= 11 is 0. The monoisotopic (exact) mass is 406 g/mol. The lowest BCUT2D eigenvalue weighted by molar-refractivity contribution is -0.121. The van der Waals surface area contributed by atoms with Gasteiger partial charge in [0.25, 0.3) is 0 Å². The number of pyridine rings is 1. The molecule has 2 saturated heterocycles. The van der Waals surface area contributed by atoms with E-state index in [4.69, 9.17) is 4.98 Å². The highest BCUT2D eigenvalue weighted by Crippen LogP contribution is 2.30. The van der Waals surface area contributed by atoms with E-state index in [-0.39, 0.29) is 17.9 Å². The van der Waals surface area contributed by atoms with Crippen LogP contribution in [0, 0.1) is 0 Å². The maximum absolute atomic E-state index is 12.6. The van der Waals surface area contributed by atoms with E-state index >= 15 is 0 Å². The van der Waals surface area contributed by atoms with Crippen molar-refractivity contribution in [1.29, 1.82) is 0 Å². The minimum Gasteiger partial charge on any atom is -0.355 e. The van der Waals surface area contributed by atoms with Crippen LogP contribution in [0.2, 0.25) is 0 Å². The Balaban J connectivity index is 1.43. The number of piperazine rings is 1. The lowest BCUT2D eigenvalue weighted by atomic mass is 9.91. The molecular formula is C23H30N6O. The normalized spacial score (nSPS) is 26.1. The number of carbonyl (C=O) groups excluding carboxylic acids is 1. The number of hydrogen-bond donors (Lipinski definition) is 1. The van der Waals surface area contributed by atoms with Crippen LogP contribution in [0.1, 0.15) is 44.3 Å². The van der Waals surface area contributed by atoms with E-state index < -0.39 is 0 Å². The summed E-state index contributed by atoms with van der Waals surface area (Å²) < 4.78 is 2.18. The second-order valence-corrected chi connectivity index (χ2v) is 8.80. The van der Waals surface area contributed by atoms with Crippen molar-refractivity contribution in [1.82, 2.24) is 19.6 Å². The first-order valence-electron chi connectivity index (χ1n) is 11.0. The molecule has 0 aliphatic carbocycles. The van der Waals surface area contributed by atoms with Crippen LogP contribution in [0.3, 0.4) is 0 Å². The van der Waals surface area contributed by atoms with Crippen LogP contribution in [-0.2, 0) is 4.79 Å². The zero-order valence-corrected chi connectivity index (χ0v) is 17.8. The van der Waals surface area contributed by atoms with E-state index in [0.717, 1.165) is 56.1 Å². The molecule has 30 heavy (non-hydrogen) atoms. The number of hydrogen-bond acceptors (Lipinski definition) is 6. The van der Waals surface area contributed by atoms with Gasteiger partial charge in [-0.25, -0.2) is 4.98 Å². The molecule has 7 heteroatoms. The Morgan fingerprint density at radius 2 is 1.90 bits per heavy atom. The third kappa shape index (κ3) is 3.68. The molecule has 3 aliphatic rings. The number of nitrogens with one attached hydrogen (secondary N) is 1. The molecule has 2 aromatic rings. The molecule has 7 nitrogen and oxygen atoms in total. The first-order chi connectivity index (χ1) is 14.6. The summed E-state index contributed by atoms with van der Waals surface area (Å²) in [5, 5.41) is 3.68. The summed E-state index contributed by atoms with van der Waals surface area (Å²) in [6.45, 7) is 6.28. The molecule has 0 radical (unpaired) electrons. The smallest absolute Gasteiger partial charge is 0.138 e. The summed E-state index contributed by atoms with van der Waals surface area (Å²) in [6.07, 6.45) is 7.10. The fraction of sp³-hybridized carbons (Fsp3) is 0.522. The number of ketones is 1. The molecule has 0 amide bonds. The SMILES string of the molecule is CC1=C(C2CC(=O)CC(c3cn4c(N5CCN(C)CC5)cccc4n3)N2)N=CCC1. The average Bonchev–Trinajstić information content (AvgIpc) is 3.19. The zero-order chi connectivity index (χ0) is 20.7. The van der Waals surface area contributed by atoms with Crippen LogP contribution >= 0.6 is 0 Å². The second-order valence-electron chi connectivity index (χ2n) is 8.80. The van der Waals surface area contributed by atoms with Crippen molar-refractivity contribution in [2.24, 2.45) is 4.99 Å². The van der Waals surface area contributed by atoms with Gasteiger partial charge in [0.1, 0.15) is 17.2 Å². The highest BCUT2D eigenvalue weighted by Gasteiger charge is 2.32.